The predicted molar refractivity (Wildman–Crippen MR) is 259 cm³/mol. The minimum absolute atomic E-state index is 0.157. The molecule has 71 heavy (non-hydrogen) atoms. The van der Waals surface area contributed by atoms with Gasteiger partial charge in [-0.1, -0.05) is 155 Å². The molecule has 20 heteroatoms. The number of amides is 1. The van der Waals surface area contributed by atoms with E-state index in [1.165, 1.54) is 116 Å². The second kappa shape index (κ2) is 34.8. The lowest BCUT2D eigenvalue weighted by molar-refractivity contribution is -0.386. The van der Waals surface area contributed by atoms with Gasteiger partial charge in [0.1, 0.15) is 67.1 Å². The number of aliphatic carboxylic acids is 1. The monoisotopic (exact) mass is 1030 g/mol. The number of carbonyl (C=O) groups excluding carboxylic acids is 1. The van der Waals surface area contributed by atoms with Gasteiger partial charge in [0.05, 0.1) is 38.6 Å². The minimum atomic E-state index is -3.02. The lowest BCUT2D eigenvalue weighted by atomic mass is 9.88. The van der Waals surface area contributed by atoms with E-state index < -0.39 is 136 Å². The van der Waals surface area contributed by atoms with Gasteiger partial charge in [0.25, 0.3) is 5.79 Å². The molecule has 3 fully saturated rings. The molecule has 0 aliphatic carbocycles. The Hall–Kier alpha value is -1.70. The van der Waals surface area contributed by atoms with Crippen LogP contribution >= 0.6 is 0 Å². The summed E-state index contributed by atoms with van der Waals surface area (Å²) in [7, 11) is 0. The molecule has 0 aromatic heterocycles. The van der Waals surface area contributed by atoms with Crippen molar-refractivity contribution in [1.29, 1.82) is 0 Å². The molecule has 0 aromatic rings. The van der Waals surface area contributed by atoms with Gasteiger partial charge in [-0.3, -0.25) is 4.79 Å². The van der Waals surface area contributed by atoms with E-state index in [-0.39, 0.29) is 12.5 Å². The highest BCUT2D eigenvalue weighted by atomic mass is 16.8. The quantitative estimate of drug-likeness (QED) is 0.0396. The molecule has 3 rings (SSSR count). The number of nitrogens with one attached hydrogen (secondary N) is 1. The molecular formula is C51H95NO19. The Kier molecular flexibility index (Phi) is 31.2. The molecule has 0 bridgehead atoms. The van der Waals surface area contributed by atoms with Crippen LogP contribution in [-0.4, -0.2) is 192 Å². The zero-order valence-electron chi connectivity index (χ0n) is 42.9. The molecule has 0 radical (unpaired) electrons. The molecule has 0 unspecified atom stereocenters. The molecule has 3 aliphatic heterocycles. The van der Waals surface area contributed by atoms with Crippen LogP contribution in [0.2, 0.25) is 0 Å². The number of rotatable bonds is 38. The Morgan fingerprint density at radius 1 is 0.634 bits per heavy atom. The first kappa shape index (κ1) is 63.6. The highest BCUT2D eigenvalue weighted by Crippen LogP contribution is 2.38. The van der Waals surface area contributed by atoms with Crippen LogP contribution in [-0.2, 0) is 38.0 Å². The van der Waals surface area contributed by atoms with Crippen molar-refractivity contribution in [1.82, 2.24) is 5.32 Å². The van der Waals surface area contributed by atoms with Crippen molar-refractivity contribution in [3.8, 4) is 0 Å². The number of hydrogen-bond acceptors (Lipinski definition) is 18. The summed E-state index contributed by atoms with van der Waals surface area (Å²) in [5.41, 5.74) is 0. The summed E-state index contributed by atoms with van der Waals surface area (Å²) in [6.45, 7) is 3.00. The van der Waals surface area contributed by atoms with E-state index in [0.29, 0.717) is 0 Å². The molecule has 20 nitrogen and oxygen atoms in total. The number of aliphatic hydroxyl groups is 10. The summed E-state index contributed by atoms with van der Waals surface area (Å²) in [4.78, 5) is 24.9. The summed E-state index contributed by atoms with van der Waals surface area (Å²) in [6, 6.07) is -1.54. The number of carboxylic acids is 1. The van der Waals surface area contributed by atoms with E-state index in [0.717, 1.165) is 45.4 Å². The maximum Gasteiger partial charge on any atom is 0.364 e. The van der Waals surface area contributed by atoms with Crippen molar-refractivity contribution in [3.05, 3.63) is 0 Å². The fourth-order valence-corrected chi connectivity index (χ4v) is 10.0. The molecule has 3 saturated heterocycles. The summed E-state index contributed by atoms with van der Waals surface area (Å²) < 4.78 is 35.1. The maximum absolute atomic E-state index is 12.9. The van der Waals surface area contributed by atoms with Crippen molar-refractivity contribution in [2.24, 2.45) is 5.92 Å². The number of carboxylic acid groups (broad SMARTS) is 1. The molecule has 12 N–H and O–H groups in total. The minimum Gasteiger partial charge on any atom is -0.477 e. The van der Waals surface area contributed by atoms with Crippen LogP contribution in [0.5, 0.6) is 0 Å². The zero-order valence-corrected chi connectivity index (χ0v) is 42.9. The van der Waals surface area contributed by atoms with Crippen molar-refractivity contribution in [2.75, 3.05) is 26.4 Å². The first-order chi connectivity index (χ1) is 34.1. The Morgan fingerprint density at radius 2 is 1.11 bits per heavy atom. The third kappa shape index (κ3) is 20.7. The van der Waals surface area contributed by atoms with Crippen LogP contribution in [0.25, 0.3) is 0 Å². The van der Waals surface area contributed by atoms with Crippen LogP contribution in [0, 0.1) is 5.92 Å². The first-order valence-corrected chi connectivity index (χ1v) is 27.1. The molecule has 0 spiro atoms. The van der Waals surface area contributed by atoms with E-state index in [1.54, 1.807) is 0 Å². The fourth-order valence-electron chi connectivity index (χ4n) is 10.0. The standard InChI is InChI=1S/C51H95NO19/c1-4-6-8-10-12-14-16-18-20-22-24-26-34(27-25-23-21-19-17-15-13-11-9-7-5-2)32-66-48-43(62)42(61)45(38(31-55)68-48)69-49-44(63)47(41(60)37(30-54)67-49)71-51(50(64)65)28-35(57)39(52-33(3)56)46(70-51)40(59)36(58)29-53/h34-49,53-55,57-63H,4-32H2,1-3H3,(H,52,56)(H,64,65)/t35-,36+,37+,38+,39+,40+,41-,42+,43+,44+,45+,46-,47-,48+,49+,51-/m0/s1. The third-order valence-electron chi connectivity index (χ3n) is 14.4. The molecule has 16 atom stereocenters. The SMILES string of the molecule is CCCCCCCCCCCCCC(CCCCCCCCCCCCC)CO[C@@H]1O[C@H](CO)[C@@H](O[C@H]2O[C@H](CO)[C@H](O)[C@H](O[C@]3(C(=O)O)C[C@H](O)[C@@H](NC(C)=O)[C@@H]([C@H](O)[C@H](O)CO)O3)[C@H]2O)[C@H](O)[C@H]1O. The second-order valence-electron chi connectivity index (χ2n) is 20.3. The van der Waals surface area contributed by atoms with E-state index in [1.807, 2.05) is 0 Å². The molecular weight excluding hydrogens is 931 g/mol. The van der Waals surface area contributed by atoms with Crippen molar-refractivity contribution < 1.29 is 94.2 Å². The van der Waals surface area contributed by atoms with E-state index in [2.05, 4.69) is 19.2 Å². The summed E-state index contributed by atoms with van der Waals surface area (Å²) >= 11 is 0. The number of hydrogen-bond donors (Lipinski definition) is 12. The van der Waals surface area contributed by atoms with Crippen LogP contribution < -0.4 is 5.32 Å². The van der Waals surface area contributed by atoms with E-state index in [4.69, 9.17) is 28.4 Å². The lowest BCUT2D eigenvalue weighted by Gasteiger charge is -2.50. The van der Waals surface area contributed by atoms with Crippen molar-refractivity contribution in [2.45, 2.75) is 279 Å². The fraction of sp³-hybridized carbons (Fsp3) is 0.961. The number of aliphatic hydroxyl groups excluding tert-OH is 10. The van der Waals surface area contributed by atoms with Gasteiger partial charge in [0.15, 0.2) is 12.6 Å². The summed E-state index contributed by atoms with van der Waals surface area (Å²) in [5.74, 6) is -5.54. The highest BCUT2D eigenvalue weighted by molar-refractivity contribution is 5.76. The maximum atomic E-state index is 12.9. The molecule has 3 heterocycles. The summed E-state index contributed by atoms with van der Waals surface area (Å²) in [6.07, 6.45) is 2.19. The molecule has 3 aliphatic rings. The van der Waals surface area contributed by atoms with Gasteiger partial charge in [-0.2, -0.15) is 0 Å². The smallest absolute Gasteiger partial charge is 0.364 e. The summed E-state index contributed by atoms with van der Waals surface area (Å²) in [5, 5.41) is 121. The van der Waals surface area contributed by atoms with Gasteiger partial charge in [-0.25, -0.2) is 4.79 Å². The van der Waals surface area contributed by atoms with Crippen molar-refractivity contribution >= 4 is 11.9 Å². The van der Waals surface area contributed by atoms with Crippen LogP contribution in [0.15, 0.2) is 0 Å². The van der Waals surface area contributed by atoms with Crippen LogP contribution in [0.1, 0.15) is 181 Å². The van der Waals surface area contributed by atoms with Gasteiger partial charge in [0.2, 0.25) is 5.91 Å². The Bertz CT molecular complexity index is 1390. The van der Waals surface area contributed by atoms with E-state index in [9.17, 15) is 65.8 Å². The third-order valence-corrected chi connectivity index (χ3v) is 14.4. The number of ether oxygens (including phenoxy) is 6. The Balaban J connectivity index is 1.67. The normalized spacial score (nSPS) is 32.2. The van der Waals surface area contributed by atoms with Gasteiger partial charge in [-0.05, 0) is 18.8 Å². The Morgan fingerprint density at radius 3 is 1.56 bits per heavy atom. The molecule has 1 amide bonds. The zero-order chi connectivity index (χ0) is 52.3. The highest BCUT2D eigenvalue weighted by Gasteiger charge is 2.60. The number of carbonyl (C=O) groups is 2. The average Bonchev–Trinajstić information content (AvgIpc) is 3.35. The lowest BCUT2D eigenvalue weighted by Crippen LogP contribution is -2.70. The van der Waals surface area contributed by atoms with Crippen molar-refractivity contribution in [3.63, 3.8) is 0 Å². The molecule has 0 aromatic carbocycles. The number of unbranched alkanes of at least 4 members (excludes halogenated alkanes) is 20. The largest absolute Gasteiger partial charge is 0.477 e. The molecule has 418 valence electrons. The average molecular weight is 1030 g/mol. The van der Waals surface area contributed by atoms with Gasteiger partial charge in [-0.15, -0.1) is 0 Å². The Labute approximate surface area is 421 Å². The van der Waals surface area contributed by atoms with Gasteiger partial charge >= 0.3 is 5.97 Å². The second-order valence-corrected chi connectivity index (χ2v) is 20.3. The predicted octanol–water partition coefficient (Wildman–Crippen LogP) is 2.82. The van der Waals surface area contributed by atoms with E-state index >= 15 is 0 Å². The first-order valence-electron chi connectivity index (χ1n) is 27.1. The van der Waals surface area contributed by atoms with Crippen LogP contribution in [0.4, 0.5) is 0 Å². The van der Waals surface area contributed by atoms with Gasteiger partial charge < -0.3 is 89.9 Å². The molecule has 0 saturated carbocycles. The van der Waals surface area contributed by atoms with Crippen LogP contribution in [0.3, 0.4) is 0 Å². The topological polar surface area (TPSA) is 324 Å². The van der Waals surface area contributed by atoms with Gasteiger partial charge in [0, 0.05) is 13.3 Å².